The number of nitrogen functional groups attached to an aromatic ring is 1. The lowest BCUT2D eigenvalue weighted by molar-refractivity contribution is 0.102. The Morgan fingerprint density at radius 3 is 1.81 bits per heavy atom. The van der Waals surface area contributed by atoms with E-state index >= 15 is 0 Å². The summed E-state index contributed by atoms with van der Waals surface area (Å²) in [6.07, 6.45) is 10.1. The van der Waals surface area contributed by atoms with Crippen LogP contribution in [0.1, 0.15) is 114 Å². The Hall–Kier alpha value is -4.41. The number of halogens is 1. The normalized spacial score (nSPS) is 16.8. The molecule has 6 N–H and O–H groups in total. The third-order valence-electron chi connectivity index (χ3n) is 12.6. The highest BCUT2D eigenvalue weighted by Crippen LogP contribution is 2.41. The maximum absolute atomic E-state index is 13.0. The number of thiazole rings is 1. The number of anilines is 4. The number of ether oxygens (including phenoxy) is 2. The van der Waals surface area contributed by atoms with Gasteiger partial charge in [0, 0.05) is 40.1 Å². The predicted molar refractivity (Wildman–Crippen MR) is 303 cm³/mol. The topological polar surface area (TPSA) is 160 Å². The lowest BCUT2D eigenvalue weighted by atomic mass is 10.0. The number of nitrogens with one attached hydrogen (secondary N) is 2. The first kappa shape index (κ1) is 53.4. The molecule has 0 radical (unpaired) electrons. The van der Waals surface area contributed by atoms with Gasteiger partial charge in [-0.05, 0) is 187 Å². The van der Waals surface area contributed by atoms with Crippen LogP contribution >= 0.6 is 60.5 Å². The first-order chi connectivity index (χ1) is 34.0. The zero-order valence-corrected chi connectivity index (χ0v) is 45.3. The van der Waals surface area contributed by atoms with Gasteiger partial charge in [-0.1, -0.05) is 75.4 Å². The number of alkyl halides is 1. The van der Waals surface area contributed by atoms with Gasteiger partial charge in [0.2, 0.25) is 5.78 Å². The molecule has 3 atom stereocenters. The van der Waals surface area contributed by atoms with E-state index < -0.39 is 0 Å². The molecule has 12 nitrogen and oxygen atoms in total. The van der Waals surface area contributed by atoms with E-state index in [1.54, 1.807) is 0 Å². The molecule has 0 bridgehead atoms. The highest BCUT2D eigenvalue weighted by molar-refractivity contribution is 9.09. The van der Waals surface area contributed by atoms with Crippen molar-refractivity contribution in [2.75, 3.05) is 66.6 Å². The van der Waals surface area contributed by atoms with Crippen LogP contribution in [-0.4, -0.2) is 98.9 Å². The van der Waals surface area contributed by atoms with Crippen LogP contribution in [0.25, 0.3) is 0 Å². The average molecular weight is 1090 g/mol. The van der Waals surface area contributed by atoms with Crippen LogP contribution in [0.4, 0.5) is 22.3 Å². The molecule has 4 aromatic carbocycles. The van der Waals surface area contributed by atoms with Crippen LogP contribution < -0.4 is 31.6 Å². The van der Waals surface area contributed by atoms with Crippen LogP contribution in [0.5, 0.6) is 11.5 Å². The summed E-state index contributed by atoms with van der Waals surface area (Å²) in [4.78, 5) is 38.3. The van der Waals surface area contributed by atoms with Crippen molar-refractivity contribution in [3.63, 3.8) is 0 Å². The molecule has 2 saturated carbocycles. The van der Waals surface area contributed by atoms with Crippen molar-refractivity contribution in [3.8, 4) is 11.5 Å². The molecule has 4 aliphatic rings. The van der Waals surface area contributed by atoms with Crippen molar-refractivity contribution >= 4 is 105 Å². The summed E-state index contributed by atoms with van der Waals surface area (Å²) in [7, 11) is 2.58. The second kappa shape index (κ2) is 26.9. The fraction of sp³-hybridized carbons (Fsp3) is 0.415. The minimum absolute atomic E-state index is 0.0728. The van der Waals surface area contributed by atoms with Gasteiger partial charge in [-0.15, -0.1) is 9.24 Å². The third-order valence-corrected chi connectivity index (χ3v) is 15.3. The molecular formula is C53H66BrN8O4PS3. The Kier molecular flexibility index (Phi) is 20.5. The van der Waals surface area contributed by atoms with Crippen LogP contribution in [0.2, 0.25) is 0 Å². The standard InChI is InChI=1S/C26H30N4O2S.C16H25N4OPS2.C11H11BrO/c1-17(30-13-2-3-14-30)16-32-22-11-9-21(10-12-22)28-26-29-25(27)24(33-26)23(31)20-6-4-5-19(15-20)18-7-8-18;1-12(20-8-2-3-9-20)10-21-14-6-4-13(5-7-14)18-16(23)19-15(17)24-11-22;12-7-11(13)10-3-1-2-9(6-10)8-4-5-8/h4-6,9-12,15,17-18H,2-3,7-8,13-14,16,27H2,1H3,(H,28,29);4-7,12H,2-3,8-11,22H2,1H3,(H3,17,18,19,23);1-3,6,8H,4-5,7H2/t17-;12-;/m11./s1. The number of Topliss-reactive ketones (excluding diaryl/α,β-unsaturated/α-hetero) is 1. The first-order valence-electron chi connectivity index (χ1n) is 24.2. The molecule has 1 aromatic heterocycles. The summed E-state index contributed by atoms with van der Waals surface area (Å²) >= 11 is 11.1. The number of hydrogen-bond acceptors (Lipinski definition) is 12. The molecule has 2 aliphatic heterocycles. The van der Waals surface area contributed by atoms with Gasteiger partial charge in [-0.3, -0.25) is 19.4 Å². The van der Waals surface area contributed by atoms with E-state index in [0.717, 1.165) is 39.8 Å². The van der Waals surface area contributed by atoms with E-state index in [9.17, 15) is 9.59 Å². The Morgan fingerprint density at radius 1 is 0.814 bits per heavy atom. The number of aromatic nitrogens is 1. The summed E-state index contributed by atoms with van der Waals surface area (Å²) in [6.45, 7) is 10.5. The Bertz CT molecular complexity index is 2530. The molecule has 0 spiro atoms. The number of likely N-dealkylation sites (tertiary alicyclic amines) is 2. The van der Waals surface area contributed by atoms with Gasteiger partial charge < -0.3 is 31.6 Å². The van der Waals surface area contributed by atoms with Gasteiger partial charge in [-0.2, -0.15) is 4.99 Å². The summed E-state index contributed by atoms with van der Waals surface area (Å²) < 4.78 is 11.9. The number of benzene rings is 4. The van der Waals surface area contributed by atoms with E-state index in [-0.39, 0.29) is 17.4 Å². The lowest BCUT2D eigenvalue weighted by Crippen LogP contribution is -2.34. The maximum atomic E-state index is 13.0. The van der Waals surface area contributed by atoms with E-state index in [4.69, 9.17) is 33.2 Å². The Morgan fingerprint density at radius 2 is 1.31 bits per heavy atom. The predicted octanol–water partition coefficient (Wildman–Crippen LogP) is 11.7. The lowest BCUT2D eigenvalue weighted by Gasteiger charge is -2.23. The van der Waals surface area contributed by atoms with Crippen molar-refractivity contribution in [1.82, 2.24) is 14.8 Å². The molecular weight excluding hydrogens is 1020 g/mol. The Labute approximate surface area is 437 Å². The van der Waals surface area contributed by atoms with E-state index in [1.807, 2.05) is 84.9 Å². The van der Waals surface area contributed by atoms with Crippen LogP contribution in [0.3, 0.4) is 0 Å². The molecule has 5 aromatic rings. The number of hydrogen-bond donors (Lipinski definition) is 4. The maximum Gasteiger partial charge on any atom is 0.206 e. The number of nitrogens with two attached hydrogens (primary N) is 2. The molecule has 4 fully saturated rings. The minimum Gasteiger partial charge on any atom is -0.492 e. The van der Waals surface area contributed by atoms with Gasteiger partial charge >= 0.3 is 0 Å². The molecule has 17 heteroatoms. The highest BCUT2D eigenvalue weighted by atomic mass is 79.9. The van der Waals surface area contributed by atoms with E-state index in [2.05, 4.69) is 81.6 Å². The third kappa shape index (κ3) is 16.6. The summed E-state index contributed by atoms with van der Waals surface area (Å²) in [5, 5.41) is 8.14. The number of thioether (sulfide) groups is 1. The van der Waals surface area contributed by atoms with Crippen molar-refractivity contribution in [2.24, 2.45) is 10.7 Å². The molecule has 2 saturated heterocycles. The average Bonchev–Trinajstić information content (AvgIpc) is 4.25. The zero-order valence-electron chi connectivity index (χ0n) is 40.1. The number of aliphatic imine (C=N–C) groups is 1. The van der Waals surface area contributed by atoms with Crippen LogP contribution in [0.15, 0.2) is 102 Å². The number of amidine groups is 1. The number of thiocarbonyl (C=S) groups is 1. The van der Waals surface area contributed by atoms with Crippen molar-refractivity contribution < 1.29 is 19.1 Å². The molecule has 70 heavy (non-hydrogen) atoms. The summed E-state index contributed by atoms with van der Waals surface area (Å²) in [5.41, 5.74) is 18.4. The number of ketones is 2. The second-order valence-corrected chi connectivity index (χ2v) is 22.1. The number of carbonyl (C=O) groups excluding carboxylic acids is 2. The Balaban J connectivity index is 0.000000170. The van der Waals surface area contributed by atoms with Crippen LogP contribution in [-0.2, 0) is 0 Å². The van der Waals surface area contributed by atoms with Gasteiger partial charge in [0.1, 0.15) is 35.4 Å². The van der Waals surface area contributed by atoms with Gasteiger partial charge in [0.15, 0.2) is 21.2 Å². The molecule has 9 rings (SSSR count). The SMILES string of the molecule is C[C@H](COc1ccc(NC(=S)N=C(N)SCP)cc1)N1CCCC1.C[C@H](COc1ccc(Nc2nc(N)c(C(=O)c3cccc(C4CC4)c3)s2)cc1)N1CCCC1.O=C(CBr)c1cccc(C2CC2)c1. The van der Waals surface area contributed by atoms with Gasteiger partial charge in [-0.25, -0.2) is 4.98 Å². The van der Waals surface area contributed by atoms with Crippen molar-refractivity contribution in [3.05, 3.63) is 124 Å². The number of rotatable bonds is 18. The quantitative estimate of drug-likeness (QED) is 0.0164. The molecule has 372 valence electrons. The zero-order chi connectivity index (χ0) is 49.4. The summed E-state index contributed by atoms with van der Waals surface area (Å²) in [6, 6.07) is 32.3. The van der Waals surface area contributed by atoms with Crippen LogP contribution in [0, 0.1) is 0 Å². The minimum atomic E-state index is -0.0728. The molecule has 1 unspecified atom stereocenters. The fourth-order valence-corrected chi connectivity index (χ4v) is 10.6. The molecule has 2 aliphatic carbocycles. The smallest absolute Gasteiger partial charge is 0.206 e. The summed E-state index contributed by atoms with van der Waals surface area (Å²) in [5.74, 6) is 3.39. The molecule has 0 amide bonds. The monoisotopic (exact) mass is 1080 g/mol. The van der Waals surface area contributed by atoms with Crippen molar-refractivity contribution in [2.45, 2.75) is 89.1 Å². The highest BCUT2D eigenvalue weighted by Gasteiger charge is 2.26. The fourth-order valence-electron chi connectivity index (χ4n) is 8.26. The largest absolute Gasteiger partial charge is 0.492 e. The van der Waals surface area contributed by atoms with E-state index in [1.165, 1.54) is 112 Å². The number of carbonyl (C=O) groups is 2. The van der Waals surface area contributed by atoms with Crippen molar-refractivity contribution in [1.29, 1.82) is 0 Å². The second-order valence-electron chi connectivity index (χ2n) is 18.1. The molecule has 3 heterocycles. The number of nitrogens with zero attached hydrogens (tertiary/aromatic N) is 4. The van der Waals surface area contributed by atoms with E-state index in [0.29, 0.717) is 62.4 Å². The van der Waals surface area contributed by atoms with Gasteiger partial charge in [0.05, 0.1) is 5.33 Å². The van der Waals surface area contributed by atoms with Gasteiger partial charge in [0.25, 0.3) is 0 Å². The first-order valence-corrected chi connectivity index (χ1v) is 28.4.